The standard InChI is InChI=1S/C13H9NO/c1-2-10-11-6-4-3-5-9(11)7-13(15)12(10)8-14/h2-7,15H,1H2. The molecule has 0 spiro atoms. The number of phenols is 1. The van der Waals surface area contributed by atoms with E-state index in [1.54, 1.807) is 12.1 Å². The van der Waals surface area contributed by atoms with E-state index in [9.17, 15) is 5.11 Å². The molecule has 0 aliphatic carbocycles. The molecule has 0 atom stereocenters. The Morgan fingerprint density at radius 2 is 2.07 bits per heavy atom. The molecule has 0 bridgehead atoms. The smallest absolute Gasteiger partial charge is 0.134 e. The number of fused-ring (bicyclic) bond motifs is 1. The first kappa shape index (κ1) is 9.29. The van der Waals surface area contributed by atoms with E-state index in [4.69, 9.17) is 5.26 Å². The molecule has 15 heavy (non-hydrogen) atoms. The number of nitrogens with zero attached hydrogens (tertiary/aromatic N) is 1. The first-order valence-electron chi connectivity index (χ1n) is 4.55. The third-order valence-corrected chi connectivity index (χ3v) is 2.38. The number of benzene rings is 2. The van der Waals surface area contributed by atoms with E-state index < -0.39 is 0 Å². The highest BCUT2D eigenvalue weighted by atomic mass is 16.3. The van der Waals surface area contributed by atoms with Crippen LogP contribution in [-0.4, -0.2) is 5.11 Å². The molecule has 2 aromatic rings. The van der Waals surface area contributed by atoms with E-state index in [1.807, 2.05) is 30.3 Å². The average Bonchev–Trinajstić information content (AvgIpc) is 2.27. The first-order chi connectivity index (χ1) is 7.27. The summed E-state index contributed by atoms with van der Waals surface area (Å²) in [6.07, 6.45) is 1.60. The van der Waals surface area contributed by atoms with Crippen LogP contribution in [0.4, 0.5) is 0 Å². The molecular weight excluding hydrogens is 186 g/mol. The van der Waals surface area contributed by atoms with Crippen LogP contribution in [0.15, 0.2) is 36.9 Å². The zero-order valence-electron chi connectivity index (χ0n) is 8.07. The summed E-state index contributed by atoms with van der Waals surface area (Å²) in [5.41, 5.74) is 0.969. The highest BCUT2D eigenvalue weighted by molar-refractivity contribution is 5.94. The second kappa shape index (κ2) is 3.47. The molecule has 2 nitrogen and oxygen atoms in total. The molecule has 0 radical (unpaired) electrons. The van der Waals surface area contributed by atoms with Gasteiger partial charge in [-0.15, -0.1) is 0 Å². The van der Waals surface area contributed by atoms with Crippen molar-refractivity contribution in [1.82, 2.24) is 0 Å². The summed E-state index contributed by atoms with van der Waals surface area (Å²) in [6, 6.07) is 11.2. The van der Waals surface area contributed by atoms with E-state index in [2.05, 4.69) is 6.58 Å². The topological polar surface area (TPSA) is 44.0 Å². The van der Waals surface area contributed by atoms with Crippen molar-refractivity contribution in [2.45, 2.75) is 0 Å². The average molecular weight is 195 g/mol. The van der Waals surface area contributed by atoms with Crippen molar-refractivity contribution in [3.8, 4) is 11.8 Å². The fourth-order valence-corrected chi connectivity index (χ4v) is 1.69. The summed E-state index contributed by atoms with van der Waals surface area (Å²) in [5, 5.41) is 20.4. The summed E-state index contributed by atoms with van der Waals surface area (Å²) in [5.74, 6) is 0.00565. The van der Waals surface area contributed by atoms with Crippen LogP contribution in [0.3, 0.4) is 0 Å². The third kappa shape index (κ3) is 1.35. The Morgan fingerprint density at radius 1 is 1.33 bits per heavy atom. The lowest BCUT2D eigenvalue weighted by atomic mass is 9.98. The van der Waals surface area contributed by atoms with Crippen molar-refractivity contribution in [1.29, 1.82) is 5.26 Å². The molecule has 2 aromatic carbocycles. The minimum Gasteiger partial charge on any atom is -0.507 e. The Kier molecular flexibility index (Phi) is 2.15. The quantitative estimate of drug-likeness (QED) is 0.759. The van der Waals surface area contributed by atoms with Gasteiger partial charge in [0.1, 0.15) is 17.4 Å². The number of hydrogen-bond acceptors (Lipinski definition) is 2. The van der Waals surface area contributed by atoms with Crippen molar-refractivity contribution in [3.63, 3.8) is 0 Å². The largest absolute Gasteiger partial charge is 0.507 e. The highest BCUT2D eigenvalue weighted by Crippen LogP contribution is 2.30. The van der Waals surface area contributed by atoms with Gasteiger partial charge in [-0.05, 0) is 16.8 Å². The van der Waals surface area contributed by atoms with Crippen LogP contribution in [0.25, 0.3) is 16.8 Å². The molecule has 0 aliphatic heterocycles. The molecule has 72 valence electrons. The maximum atomic E-state index is 9.65. The van der Waals surface area contributed by atoms with Gasteiger partial charge in [-0.1, -0.05) is 36.9 Å². The van der Waals surface area contributed by atoms with Crippen molar-refractivity contribution in [2.24, 2.45) is 0 Å². The second-order valence-electron chi connectivity index (χ2n) is 3.22. The molecule has 0 heterocycles. The van der Waals surface area contributed by atoms with Gasteiger partial charge in [-0.3, -0.25) is 0 Å². The maximum Gasteiger partial charge on any atom is 0.134 e. The van der Waals surface area contributed by atoms with Gasteiger partial charge < -0.3 is 5.11 Å². The first-order valence-corrected chi connectivity index (χ1v) is 4.55. The minimum absolute atomic E-state index is 0.00565. The molecule has 1 N–H and O–H groups in total. The molecule has 0 saturated carbocycles. The number of aromatic hydroxyl groups is 1. The van der Waals surface area contributed by atoms with Crippen LogP contribution in [0.1, 0.15) is 11.1 Å². The van der Waals surface area contributed by atoms with Crippen molar-refractivity contribution < 1.29 is 5.11 Å². The van der Waals surface area contributed by atoms with E-state index in [0.717, 1.165) is 10.8 Å². The maximum absolute atomic E-state index is 9.65. The molecule has 0 aliphatic rings. The third-order valence-electron chi connectivity index (χ3n) is 2.38. The van der Waals surface area contributed by atoms with Crippen LogP contribution in [0, 0.1) is 11.3 Å². The fourth-order valence-electron chi connectivity index (χ4n) is 1.69. The Hall–Kier alpha value is -2.27. The summed E-state index contributed by atoms with van der Waals surface area (Å²) in [7, 11) is 0. The molecule has 0 amide bonds. The van der Waals surface area contributed by atoms with Gasteiger partial charge in [0.15, 0.2) is 0 Å². The van der Waals surface area contributed by atoms with Crippen LogP contribution < -0.4 is 0 Å². The second-order valence-corrected chi connectivity index (χ2v) is 3.22. The molecule has 0 saturated heterocycles. The van der Waals surface area contributed by atoms with E-state index >= 15 is 0 Å². The molecule has 2 heteroatoms. The van der Waals surface area contributed by atoms with Crippen molar-refractivity contribution >= 4 is 16.8 Å². The predicted octanol–water partition coefficient (Wildman–Crippen LogP) is 3.06. The van der Waals surface area contributed by atoms with Crippen molar-refractivity contribution in [3.05, 3.63) is 48.0 Å². The Balaban J connectivity index is 2.99. The van der Waals surface area contributed by atoms with E-state index in [0.29, 0.717) is 5.56 Å². The van der Waals surface area contributed by atoms with Crippen LogP contribution >= 0.6 is 0 Å². The van der Waals surface area contributed by atoms with Crippen molar-refractivity contribution in [2.75, 3.05) is 0 Å². The lowest BCUT2D eigenvalue weighted by Gasteiger charge is -2.06. The van der Waals surface area contributed by atoms with E-state index in [-0.39, 0.29) is 11.3 Å². The zero-order chi connectivity index (χ0) is 10.8. The monoisotopic (exact) mass is 195 g/mol. The Labute approximate surface area is 87.7 Å². The zero-order valence-corrected chi connectivity index (χ0v) is 8.07. The molecule has 0 aromatic heterocycles. The van der Waals surface area contributed by atoms with Gasteiger partial charge >= 0.3 is 0 Å². The number of phenolic OH excluding ortho intramolecular Hbond substituents is 1. The van der Waals surface area contributed by atoms with Crippen LogP contribution in [0.2, 0.25) is 0 Å². The SMILES string of the molecule is C=Cc1c(C#N)c(O)cc2ccccc12. The predicted molar refractivity (Wildman–Crippen MR) is 60.4 cm³/mol. The number of hydrogen-bond donors (Lipinski definition) is 1. The summed E-state index contributed by atoms with van der Waals surface area (Å²) in [4.78, 5) is 0. The molecular formula is C13H9NO. The van der Waals surface area contributed by atoms with Gasteiger partial charge in [-0.2, -0.15) is 5.26 Å². The van der Waals surface area contributed by atoms with Gasteiger partial charge in [0, 0.05) is 5.56 Å². The summed E-state index contributed by atoms with van der Waals surface area (Å²) in [6.45, 7) is 3.67. The molecule has 0 fully saturated rings. The van der Waals surface area contributed by atoms with E-state index in [1.165, 1.54) is 0 Å². The fraction of sp³-hybridized carbons (Fsp3) is 0. The van der Waals surface area contributed by atoms with Gasteiger partial charge in [0.05, 0.1) is 0 Å². The number of rotatable bonds is 1. The van der Waals surface area contributed by atoms with Crippen LogP contribution in [-0.2, 0) is 0 Å². The lowest BCUT2D eigenvalue weighted by Crippen LogP contribution is -1.86. The minimum atomic E-state index is 0.00565. The highest BCUT2D eigenvalue weighted by Gasteiger charge is 2.09. The Bertz CT molecular complexity index is 579. The van der Waals surface area contributed by atoms with Gasteiger partial charge in [-0.25, -0.2) is 0 Å². The van der Waals surface area contributed by atoms with Gasteiger partial charge in [0.2, 0.25) is 0 Å². The normalized spacial score (nSPS) is 9.80. The molecule has 0 unspecified atom stereocenters. The summed E-state index contributed by atoms with van der Waals surface area (Å²) < 4.78 is 0. The van der Waals surface area contributed by atoms with Gasteiger partial charge in [0.25, 0.3) is 0 Å². The molecule has 2 rings (SSSR count). The van der Waals surface area contributed by atoms with Crippen LogP contribution in [0.5, 0.6) is 5.75 Å². The summed E-state index contributed by atoms with van der Waals surface area (Å²) >= 11 is 0. The number of nitriles is 1. The Morgan fingerprint density at radius 3 is 2.73 bits per heavy atom. The lowest BCUT2D eigenvalue weighted by molar-refractivity contribution is 0.474.